The highest BCUT2D eigenvalue weighted by Gasteiger charge is 2.12. The number of rotatable bonds is 3. The van der Waals surface area contributed by atoms with Crippen LogP contribution in [-0.4, -0.2) is 0 Å². The van der Waals surface area contributed by atoms with Crippen LogP contribution in [0.15, 0.2) is 34.1 Å². The second kappa shape index (κ2) is 5.53. The van der Waals surface area contributed by atoms with Crippen molar-refractivity contribution < 1.29 is 0 Å². The molecule has 1 unspecified atom stereocenters. The molecule has 0 spiro atoms. The van der Waals surface area contributed by atoms with Crippen LogP contribution in [0.2, 0.25) is 5.02 Å². The molecule has 1 atom stereocenters. The fourth-order valence-corrected chi connectivity index (χ4v) is 3.51. The van der Waals surface area contributed by atoms with Gasteiger partial charge in [-0.2, -0.15) is 0 Å². The molecule has 0 saturated carbocycles. The molecule has 0 saturated heterocycles. The normalized spacial score (nSPS) is 12.7. The van der Waals surface area contributed by atoms with E-state index in [1.165, 1.54) is 4.88 Å². The molecule has 17 heavy (non-hydrogen) atoms. The molecular formula is C13H13BrClNS. The first kappa shape index (κ1) is 13.1. The molecule has 90 valence electrons. The summed E-state index contributed by atoms with van der Waals surface area (Å²) in [6.07, 6.45) is 0.845. The molecule has 2 N–H and O–H groups in total. The Morgan fingerprint density at radius 1 is 1.47 bits per heavy atom. The lowest BCUT2D eigenvalue weighted by molar-refractivity contribution is 0.724. The first-order valence-corrected chi connectivity index (χ1v) is 7.36. The van der Waals surface area contributed by atoms with Gasteiger partial charge in [0.05, 0.1) is 0 Å². The second-order valence-corrected chi connectivity index (χ2v) is 6.31. The van der Waals surface area contributed by atoms with Crippen molar-refractivity contribution in [3.05, 3.63) is 55.1 Å². The van der Waals surface area contributed by atoms with Gasteiger partial charge in [-0.3, -0.25) is 0 Å². The summed E-state index contributed by atoms with van der Waals surface area (Å²) in [6.45, 7) is 2.02. The van der Waals surface area contributed by atoms with Gasteiger partial charge in [-0.05, 0) is 46.1 Å². The zero-order chi connectivity index (χ0) is 12.4. The monoisotopic (exact) mass is 329 g/mol. The van der Waals surface area contributed by atoms with Crippen molar-refractivity contribution in [1.29, 1.82) is 0 Å². The van der Waals surface area contributed by atoms with Crippen molar-refractivity contribution in [1.82, 2.24) is 0 Å². The van der Waals surface area contributed by atoms with Gasteiger partial charge in [-0.25, -0.2) is 0 Å². The highest BCUT2D eigenvalue weighted by Crippen LogP contribution is 2.28. The molecule has 0 aliphatic rings. The van der Waals surface area contributed by atoms with E-state index < -0.39 is 0 Å². The number of halogens is 2. The SMILES string of the molecule is Cc1c(Cl)cccc1C(N)Cc1cc(Br)cs1. The molecule has 0 aliphatic carbocycles. The first-order chi connectivity index (χ1) is 8.08. The van der Waals surface area contributed by atoms with Crippen LogP contribution in [0.3, 0.4) is 0 Å². The number of benzene rings is 1. The highest BCUT2D eigenvalue weighted by atomic mass is 79.9. The average molecular weight is 331 g/mol. The van der Waals surface area contributed by atoms with E-state index in [4.69, 9.17) is 17.3 Å². The zero-order valence-electron chi connectivity index (χ0n) is 9.41. The van der Waals surface area contributed by atoms with E-state index in [9.17, 15) is 0 Å². The Kier molecular flexibility index (Phi) is 4.26. The largest absolute Gasteiger partial charge is 0.324 e. The van der Waals surface area contributed by atoms with E-state index in [2.05, 4.69) is 33.4 Å². The molecule has 1 aromatic carbocycles. The smallest absolute Gasteiger partial charge is 0.0438 e. The van der Waals surface area contributed by atoms with Gasteiger partial charge in [-0.15, -0.1) is 11.3 Å². The lowest BCUT2D eigenvalue weighted by atomic mass is 9.99. The Bertz CT molecular complexity index is 524. The van der Waals surface area contributed by atoms with E-state index in [0.717, 1.165) is 27.0 Å². The Morgan fingerprint density at radius 3 is 2.88 bits per heavy atom. The van der Waals surface area contributed by atoms with Crippen molar-refractivity contribution in [2.24, 2.45) is 5.73 Å². The lowest BCUT2D eigenvalue weighted by Crippen LogP contribution is -2.14. The predicted octanol–water partition coefficient (Wildman–Crippen LogP) is 4.71. The summed E-state index contributed by atoms with van der Waals surface area (Å²) in [5.41, 5.74) is 8.45. The number of hydrogen-bond donors (Lipinski definition) is 1. The van der Waals surface area contributed by atoms with Crippen molar-refractivity contribution in [3.8, 4) is 0 Å². The fourth-order valence-electron chi connectivity index (χ4n) is 1.81. The summed E-state index contributed by atoms with van der Waals surface area (Å²) in [7, 11) is 0. The van der Waals surface area contributed by atoms with Gasteiger partial charge < -0.3 is 5.73 Å². The van der Waals surface area contributed by atoms with Gasteiger partial charge in [0.1, 0.15) is 0 Å². The minimum absolute atomic E-state index is 0.000694. The minimum Gasteiger partial charge on any atom is -0.324 e. The molecule has 0 amide bonds. The Balaban J connectivity index is 2.20. The summed E-state index contributed by atoms with van der Waals surface area (Å²) >= 11 is 11.3. The average Bonchev–Trinajstić information content (AvgIpc) is 2.68. The van der Waals surface area contributed by atoms with Crippen LogP contribution in [0.25, 0.3) is 0 Å². The van der Waals surface area contributed by atoms with Gasteiger partial charge in [0, 0.05) is 32.2 Å². The molecule has 1 nitrogen and oxygen atoms in total. The molecule has 1 aromatic heterocycles. The summed E-state index contributed by atoms with van der Waals surface area (Å²) in [6, 6.07) is 8.02. The first-order valence-electron chi connectivity index (χ1n) is 5.31. The molecule has 0 aliphatic heterocycles. The zero-order valence-corrected chi connectivity index (χ0v) is 12.6. The number of hydrogen-bond acceptors (Lipinski definition) is 2. The van der Waals surface area contributed by atoms with Crippen LogP contribution in [0, 0.1) is 6.92 Å². The molecule has 0 fully saturated rings. The fraction of sp³-hybridized carbons (Fsp3) is 0.231. The Hall–Kier alpha value is -0.350. The maximum atomic E-state index is 6.24. The maximum Gasteiger partial charge on any atom is 0.0438 e. The summed E-state index contributed by atoms with van der Waals surface area (Å²) < 4.78 is 1.12. The summed E-state index contributed by atoms with van der Waals surface area (Å²) in [4.78, 5) is 1.28. The predicted molar refractivity (Wildman–Crippen MR) is 78.8 cm³/mol. The van der Waals surface area contributed by atoms with Crippen LogP contribution in [-0.2, 0) is 6.42 Å². The van der Waals surface area contributed by atoms with Gasteiger partial charge >= 0.3 is 0 Å². The van der Waals surface area contributed by atoms with E-state index in [0.29, 0.717) is 0 Å². The van der Waals surface area contributed by atoms with Crippen molar-refractivity contribution >= 4 is 38.9 Å². The van der Waals surface area contributed by atoms with Crippen LogP contribution in [0.1, 0.15) is 22.0 Å². The summed E-state index contributed by atoms with van der Waals surface area (Å²) in [5, 5.41) is 2.86. The van der Waals surface area contributed by atoms with E-state index in [1.54, 1.807) is 11.3 Å². The third-order valence-electron chi connectivity index (χ3n) is 2.75. The van der Waals surface area contributed by atoms with E-state index in [-0.39, 0.29) is 6.04 Å². The van der Waals surface area contributed by atoms with Crippen molar-refractivity contribution in [2.75, 3.05) is 0 Å². The van der Waals surface area contributed by atoms with Crippen molar-refractivity contribution in [3.63, 3.8) is 0 Å². The van der Waals surface area contributed by atoms with Crippen molar-refractivity contribution in [2.45, 2.75) is 19.4 Å². The highest BCUT2D eigenvalue weighted by molar-refractivity contribution is 9.10. The summed E-state index contributed by atoms with van der Waals surface area (Å²) in [5.74, 6) is 0. The van der Waals surface area contributed by atoms with Gasteiger partial charge in [0.25, 0.3) is 0 Å². The van der Waals surface area contributed by atoms with Gasteiger partial charge in [0.15, 0.2) is 0 Å². The minimum atomic E-state index is -0.000694. The Labute approximate surface area is 119 Å². The van der Waals surface area contributed by atoms with Crippen LogP contribution < -0.4 is 5.73 Å². The Morgan fingerprint density at radius 2 is 2.24 bits per heavy atom. The van der Waals surface area contributed by atoms with Crippen LogP contribution >= 0.6 is 38.9 Å². The molecule has 1 heterocycles. The third kappa shape index (κ3) is 3.10. The van der Waals surface area contributed by atoms with Crippen LogP contribution in [0.4, 0.5) is 0 Å². The van der Waals surface area contributed by atoms with E-state index in [1.807, 2.05) is 19.1 Å². The third-order valence-corrected chi connectivity index (χ3v) is 4.88. The van der Waals surface area contributed by atoms with Gasteiger partial charge in [-0.1, -0.05) is 23.7 Å². The molecule has 2 aromatic rings. The van der Waals surface area contributed by atoms with E-state index >= 15 is 0 Å². The molecule has 0 radical (unpaired) electrons. The van der Waals surface area contributed by atoms with Gasteiger partial charge in [0.2, 0.25) is 0 Å². The maximum absolute atomic E-state index is 6.24. The number of nitrogens with two attached hydrogens (primary N) is 1. The van der Waals surface area contributed by atoms with Crippen LogP contribution in [0.5, 0.6) is 0 Å². The molecular weight excluding hydrogens is 318 g/mol. The quantitative estimate of drug-likeness (QED) is 0.866. The second-order valence-electron chi connectivity index (χ2n) is 4.00. The standard InChI is InChI=1S/C13H13BrClNS/c1-8-11(3-2-4-12(8)15)13(16)6-10-5-9(14)7-17-10/h2-5,7,13H,6,16H2,1H3. The topological polar surface area (TPSA) is 26.0 Å². The lowest BCUT2D eigenvalue weighted by Gasteiger charge is -2.14. The molecule has 0 bridgehead atoms. The molecule has 2 rings (SSSR count). The molecule has 4 heteroatoms. The number of thiophene rings is 1.